The summed E-state index contributed by atoms with van der Waals surface area (Å²) in [7, 11) is 2.95. The molecule has 0 aliphatic heterocycles. The van der Waals surface area contributed by atoms with Crippen molar-refractivity contribution < 1.29 is 29.3 Å². The van der Waals surface area contributed by atoms with E-state index < -0.39 is 5.97 Å². The summed E-state index contributed by atoms with van der Waals surface area (Å²) >= 11 is 0. The Morgan fingerprint density at radius 2 is 1.89 bits per heavy atom. The maximum Gasteiger partial charge on any atom is 0.335 e. The molecule has 0 radical (unpaired) electrons. The third kappa shape index (κ3) is 4.49. The Kier molecular flexibility index (Phi) is 6.65. The highest BCUT2D eigenvalue weighted by Gasteiger charge is 2.18. The zero-order valence-corrected chi connectivity index (χ0v) is 15.5. The number of carbonyl (C=O) groups excluding carboxylic acids is 1. The Labute approximate surface area is 157 Å². The molecular weight excluding hydrogens is 350 g/mol. The number of phenols is 1. The maximum atomic E-state index is 11.9. The summed E-state index contributed by atoms with van der Waals surface area (Å²) in [6.45, 7) is 2.09. The molecule has 0 unspecified atom stereocenters. The average Bonchev–Trinajstić information content (AvgIpc) is 2.67. The second kappa shape index (κ2) is 8.93. The number of aromatic carboxylic acids is 1. The van der Waals surface area contributed by atoms with Crippen LogP contribution < -0.4 is 14.8 Å². The molecule has 1 amide bonds. The minimum Gasteiger partial charge on any atom is -0.507 e. The van der Waals surface area contributed by atoms with Crippen molar-refractivity contribution in [1.29, 1.82) is 0 Å². The van der Waals surface area contributed by atoms with Crippen LogP contribution in [0.25, 0.3) is 0 Å². The van der Waals surface area contributed by atoms with E-state index in [0.717, 1.165) is 6.42 Å². The van der Waals surface area contributed by atoms with E-state index in [4.69, 9.17) is 14.6 Å². The number of methoxy groups -OCH3 is 1. The highest BCUT2D eigenvalue weighted by molar-refractivity contribution is 5.97. The van der Waals surface area contributed by atoms with E-state index in [2.05, 4.69) is 5.32 Å². The number of hydrogen-bond donors (Lipinski definition) is 3. The first-order valence-electron chi connectivity index (χ1n) is 8.52. The third-order valence-corrected chi connectivity index (χ3v) is 4.13. The molecule has 0 bridgehead atoms. The lowest BCUT2D eigenvalue weighted by Crippen LogP contribution is -2.18. The molecule has 2 aromatic carbocycles. The molecule has 3 N–H and O–H groups in total. The van der Waals surface area contributed by atoms with Crippen molar-refractivity contribution in [3.63, 3.8) is 0 Å². The molecule has 0 aromatic heterocycles. The molecule has 2 rings (SSSR count). The molecule has 0 spiro atoms. The molecule has 2 aromatic rings. The van der Waals surface area contributed by atoms with Crippen molar-refractivity contribution in [2.75, 3.05) is 14.2 Å². The van der Waals surface area contributed by atoms with Gasteiger partial charge in [-0.3, -0.25) is 4.79 Å². The molecule has 144 valence electrons. The summed E-state index contributed by atoms with van der Waals surface area (Å²) < 4.78 is 11.1. The number of rotatable bonds is 8. The van der Waals surface area contributed by atoms with Crippen LogP contribution in [0.3, 0.4) is 0 Å². The molecule has 0 heterocycles. The first kappa shape index (κ1) is 20.1. The fourth-order valence-corrected chi connectivity index (χ4v) is 2.71. The van der Waals surface area contributed by atoms with E-state index in [-0.39, 0.29) is 29.4 Å². The molecule has 0 aliphatic rings. The van der Waals surface area contributed by atoms with E-state index in [1.54, 1.807) is 12.1 Å². The van der Waals surface area contributed by atoms with Crippen LogP contribution in [-0.4, -0.2) is 36.2 Å². The summed E-state index contributed by atoms with van der Waals surface area (Å²) in [5, 5.41) is 22.0. The van der Waals surface area contributed by atoms with E-state index in [0.29, 0.717) is 29.0 Å². The number of benzene rings is 2. The number of phenolic OH excluding ortho intramolecular Hbond substituents is 1. The molecule has 0 saturated heterocycles. The van der Waals surface area contributed by atoms with Crippen LogP contribution in [0.1, 0.15) is 45.2 Å². The van der Waals surface area contributed by atoms with Crippen molar-refractivity contribution in [3.8, 4) is 17.2 Å². The second-order valence-electron chi connectivity index (χ2n) is 5.89. The number of aromatic hydroxyl groups is 1. The fraction of sp³-hybridized carbons (Fsp3) is 0.300. The van der Waals surface area contributed by atoms with Gasteiger partial charge >= 0.3 is 5.97 Å². The molecule has 0 fully saturated rings. The Morgan fingerprint density at radius 1 is 1.15 bits per heavy atom. The van der Waals surface area contributed by atoms with Crippen LogP contribution in [0.5, 0.6) is 17.2 Å². The van der Waals surface area contributed by atoms with Gasteiger partial charge in [0.15, 0.2) is 0 Å². The fourth-order valence-electron chi connectivity index (χ4n) is 2.71. The third-order valence-electron chi connectivity index (χ3n) is 4.13. The van der Waals surface area contributed by atoms with Crippen molar-refractivity contribution in [3.05, 3.63) is 52.6 Å². The van der Waals surface area contributed by atoms with Gasteiger partial charge in [0.05, 0.1) is 18.2 Å². The lowest BCUT2D eigenvalue weighted by molar-refractivity contribution is 0.0696. The largest absolute Gasteiger partial charge is 0.507 e. The van der Waals surface area contributed by atoms with Gasteiger partial charge in [-0.15, -0.1) is 0 Å². The zero-order valence-electron chi connectivity index (χ0n) is 15.5. The van der Waals surface area contributed by atoms with Gasteiger partial charge in [0.2, 0.25) is 0 Å². The Morgan fingerprint density at radius 3 is 2.48 bits per heavy atom. The Bertz CT molecular complexity index is 847. The van der Waals surface area contributed by atoms with Crippen LogP contribution in [0, 0.1) is 0 Å². The van der Waals surface area contributed by atoms with Crippen LogP contribution in [-0.2, 0) is 13.0 Å². The molecule has 0 atom stereocenters. The zero-order chi connectivity index (χ0) is 20.0. The monoisotopic (exact) mass is 373 g/mol. The van der Waals surface area contributed by atoms with Crippen molar-refractivity contribution in [1.82, 2.24) is 5.32 Å². The first-order valence-corrected chi connectivity index (χ1v) is 8.52. The van der Waals surface area contributed by atoms with Crippen LogP contribution in [0.2, 0.25) is 0 Å². The normalized spacial score (nSPS) is 10.3. The van der Waals surface area contributed by atoms with Crippen LogP contribution in [0.4, 0.5) is 0 Å². The van der Waals surface area contributed by atoms with Gasteiger partial charge in [0.25, 0.3) is 5.91 Å². The number of nitrogens with one attached hydrogen (secondary N) is 1. The summed E-state index contributed by atoms with van der Waals surface area (Å²) in [6, 6.07) is 7.68. The number of carboxylic acids is 1. The topological polar surface area (TPSA) is 105 Å². The van der Waals surface area contributed by atoms with E-state index in [1.807, 2.05) is 6.92 Å². The summed E-state index contributed by atoms with van der Waals surface area (Å²) in [5.74, 6) is -0.644. The molecule has 0 aliphatic carbocycles. The molecule has 7 heteroatoms. The highest BCUT2D eigenvalue weighted by atomic mass is 16.5. The van der Waals surface area contributed by atoms with Gasteiger partial charge in [-0.1, -0.05) is 19.4 Å². The second-order valence-corrected chi connectivity index (χ2v) is 5.89. The van der Waals surface area contributed by atoms with Crippen LogP contribution >= 0.6 is 0 Å². The average molecular weight is 373 g/mol. The van der Waals surface area contributed by atoms with Gasteiger partial charge < -0.3 is 25.0 Å². The van der Waals surface area contributed by atoms with Gasteiger partial charge in [-0.05, 0) is 30.7 Å². The molecule has 7 nitrogen and oxygen atoms in total. The van der Waals surface area contributed by atoms with Gasteiger partial charge in [-0.2, -0.15) is 0 Å². The van der Waals surface area contributed by atoms with E-state index >= 15 is 0 Å². The number of hydrogen-bond acceptors (Lipinski definition) is 5. The SMILES string of the molecule is CCCc1c(OCc2ccc(C(=O)O)cc2OC)ccc(C(=O)NC)c1O. The van der Waals surface area contributed by atoms with Gasteiger partial charge in [0.1, 0.15) is 23.9 Å². The smallest absolute Gasteiger partial charge is 0.335 e. The summed E-state index contributed by atoms with van der Waals surface area (Å²) in [5.41, 5.74) is 1.53. The highest BCUT2D eigenvalue weighted by Crippen LogP contribution is 2.33. The lowest BCUT2D eigenvalue weighted by Gasteiger charge is -2.16. The van der Waals surface area contributed by atoms with Crippen molar-refractivity contribution in [2.24, 2.45) is 0 Å². The van der Waals surface area contributed by atoms with Crippen molar-refractivity contribution in [2.45, 2.75) is 26.4 Å². The van der Waals surface area contributed by atoms with Gasteiger partial charge in [-0.25, -0.2) is 4.79 Å². The summed E-state index contributed by atoms with van der Waals surface area (Å²) in [4.78, 5) is 23.0. The van der Waals surface area contributed by atoms with Crippen molar-refractivity contribution >= 4 is 11.9 Å². The molecule has 27 heavy (non-hydrogen) atoms. The number of ether oxygens (including phenoxy) is 2. The first-order chi connectivity index (χ1) is 12.9. The van der Waals surface area contributed by atoms with Crippen LogP contribution in [0.15, 0.2) is 30.3 Å². The van der Waals surface area contributed by atoms with E-state index in [9.17, 15) is 14.7 Å². The number of carbonyl (C=O) groups is 2. The minimum atomic E-state index is -1.04. The van der Waals surface area contributed by atoms with Gasteiger partial charge in [0, 0.05) is 18.2 Å². The lowest BCUT2D eigenvalue weighted by atomic mass is 10.0. The minimum absolute atomic E-state index is 0.0955. The Balaban J connectivity index is 2.31. The predicted octanol–water partition coefficient (Wildman–Crippen LogP) is 2.99. The maximum absolute atomic E-state index is 11.9. The number of carboxylic acid groups (broad SMARTS) is 1. The quantitative estimate of drug-likeness (QED) is 0.657. The standard InChI is InChI=1S/C20H23NO6/c1-4-5-14-16(9-8-15(18(14)22)19(23)21-2)27-11-13-7-6-12(20(24)25)10-17(13)26-3/h6-10,22H,4-5,11H2,1-3H3,(H,21,23)(H,24,25). The number of amides is 1. The molecular formula is C20H23NO6. The predicted molar refractivity (Wildman–Crippen MR) is 99.8 cm³/mol. The molecule has 0 saturated carbocycles. The van der Waals surface area contributed by atoms with E-state index in [1.165, 1.54) is 32.4 Å². The summed E-state index contributed by atoms with van der Waals surface area (Å²) in [6.07, 6.45) is 1.30. The Hall–Kier alpha value is -3.22.